The highest BCUT2D eigenvalue weighted by Crippen LogP contribution is 2.31. The number of amides is 1. The fourth-order valence-corrected chi connectivity index (χ4v) is 2.81. The van der Waals surface area contributed by atoms with Gasteiger partial charge in [-0.3, -0.25) is 4.79 Å². The summed E-state index contributed by atoms with van der Waals surface area (Å²) in [5, 5.41) is 13.1. The topological polar surface area (TPSA) is 49.3 Å². The van der Waals surface area contributed by atoms with Crippen LogP contribution in [0, 0.1) is 5.82 Å². The van der Waals surface area contributed by atoms with Gasteiger partial charge in [-0.15, -0.1) is 0 Å². The molecule has 108 valence electrons. The number of rotatable bonds is 2. The molecule has 21 heavy (non-hydrogen) atoms. The molecule has 1 amide bonds. The second-order valence-electron chi connectivity index (χ2n) is 5.05. The number of aliphatic hydroxyl groups excluding tert-OH is 1. The van der Waals surface area contributed by atoms with E-state index in [1.54, 1.807) is 0 Å². The molecule has 1 aliphatic rings. The highest BCUT2D eigenvalue weighted by Gasteiger charge is 2.32. The monoisotopic (exact) mass is 305 g/mol. The van der Waals surface area contributed by atoms with Crippen molar-refractivity contribution in [1.82, 2.24) is 5.32 Å². The van der Waals surface area contributed by atoms with Crippen LogP contribution in [0.25, 0.3) is 0 Å². The van der Waals surface area contributed by atoms with Crippen molar-refractivity contribution in [1.29, 1.82) is 0 Å². The van der Waals surface area contributed by atoms with Gasteiger partial charge in [-0.1, -0.05) is 35.9 Å². The lowest BCUT2D eigenvalue weighted by atomic mass is 10.1. The first-order valence-corrected chi connectivity index (χ1v) is 6.96. The fourth-order valence-electron chi connectivity index (χ4n) is 2.64. The van der Waals surface area contributed by atoms with E-state index in [0.717, 1.165) is 17.2 Å². The number of hydrogen-bond acceptors (Lipinski definition) is 2. The van der Waals surface area contributed by atoms with Crippen LogP contribution in [0.3, 0.4) is 0 Å². The van der Waals surface area contributed by atoms with Gasteiger partial charge in [-0.25, -0.2) is 4.39 Å². The maximum atomic E-state index is 13.7. The second-order valence-corrected chi connectivity index (χ2v) is 5.48. The van der Waals surface area contributed by atoms with Crippen LogP contribution in [0.2, 0.25) is 5.02 Å². The van der Waals surface area contributed by atoms with Crippen LogP contribution in [0.1, 0.15) is 27.5 Å². The summed E-state index contributed by atoms with van der Waals surface area (Å²) < 4.78 is 13.7. The zero-order valence-corrected chi connectivity index (χ0v) is 11.8. The van der Waals surface area contributed by atoms with E-state index < -0.39 is 23.9 Å². The summed E-state index contributed by atoms with van der Waals surface area (Å²) >= 11 is 5.79. The standard InChI is InChI=1S/C16H13ClFNO2/c17-10-5-6-13(18)12(8-10)16(21)19-15-11-4-2-1-3-9(11)7-14(15)20/h1-6,8,14-15,20H,7H2,(H,19,21). The summed E-state index contributed by atoms with van der Waals surface area (Å²) in [4.78, 5) is 12.2. The van der Waals surface area contributed by atoms with Crippen LogP contribution in [-0.4, -0.2) is 17.1 Å². The molecule has 3 rings (SSSR count). The third-order valence-electron chi connectivity index (χ3n) is 3.66. The average molecular weight is 306 g/mol. The summed E-state index contributed by atoms with van der Waals surface area (Å²) in [6.07, 6.45) is -0.243. The number of carbonyl (C=O) groups is 1. The molecule has 0 fully saturated rings. The molecule has 0 aromatic heterocycles. The Labute approximate surface area is 126 Å². The largest absolute Gasteiger partial charge is 0.390 e. The van der Waals surface area contributed by atoms with Crippen molar-refractivity contribution in [3.05, 3.63) is 70.0 Å². The minimum absolute atomic E-state index is 0.126. The highest BCUT2D eigenvalue weighted by molar-refractivity contribution is 6.31. The van der Waals surface area contributed by atoms with Crippen LogP contribution < -0.4 is 5.32 Å². The third kappa shape index (κ3) is 2.64. The summed E-state index contributed by atoms with van der Waals surface area (Å²) in [5.41, 5.74) is 1.72. The van der Waals surface area contributed by atoms with Gasteiger partial charge >= 0.3 is 0 Å². The van der Waals surface area contributed by atoms with Gasteiger partial charge in [0.25, 0.3) is 5.91 Å². The first-order valence-electron chi connectivity index (χ1n) is 6.58. The third-order valence-corrected chi connectivity index (χ3v) is 3.90. The average Bonchev–Trinajstić information content (AvgIpc) is 2.78. The van der Waals surface area contributed by atoms with E-state index in [1.807, 2.05) is 24.3 Å². The van der Waals surface area contributed by atoms with Crippen LogP contribution >= 0.6 is 11.6 Å². The van der Waals surface area contributed by atoms with E-state index in [4.69, 9.17) is 11.6 Å². The minimum atomic E-state index is -0.714. The number of nitrogens with one attached hydrogen (secondary N) is 1. The van der Waals surface area contributed by atoms with Crippen LogP contribution in [0.5, 0.6) is 0 Å². The first kappa shape index (κ1) is 14.0. The Kier molecular flexibility index (Phi) is 3.66. The Bertz CT molecular complexity index is 704. The minimum Gasteiger partial charge on any atom is -0.390 e. The highest BCUT2D eigenvalue weighted by atomic mass is 35.5. The maximum Gasteiger partial charge on any atom is 0.254 e. The van der Waals surface area contributed by atoms with Gasteiger partial charge in [0.1, 0.15) is 5.82 Å². The maximum absolute atomic E-state index is 13.7. The van der Waals surface area contributed by atoms with Gasteiger partial charge in [0.2, 0.25) is 0 Å². The molecule has 0 heterocycles. The number of carbonyl (C=O) groups excluding carboxylic acids is 1. The SMILES string of the molecule is O=C(NC1c2ccccc2CC1O)c1cc(Cl)ccc1F. The first-order chi connectivity index (χ1) is 10.1. The lowest BCUT2D eigenvalue weighted by molar-refractivity contribution is 0.0854. The number of halogens is 2. The Morgan fingerprint density at radius 1 is 1.29 bits per heavy atom. The Balaban J connectivity index is 1.87. The Hall–Kier alpha value is -1.91. The van der Waals surface area contributed by atoms with E-state index in [0.29, 0.717) is 6.42 Å². The molecule has 2 unspecified atom stereocenters. The molecule has 2 aromatic carbocycles. The van der Waals surface area contributed by atoms with Gasteiger partial charge in [0, 0.05) is 11.4 Å². The summed E-state index contributed by atoms with van der Waals surface area (Å²) in [6, 6.07) is 10.8. The fraction of sp³-hybridized carbons (Fsp3) is 0.188. The quantitative estimate of drug-likeness (QED) is 0.896. The molecule has 1 aliphatic carbocycles. The number of fused-ring (bicyclic) bond motifs is 1. The van der Waals surface area contributed by atoms with E-state index in [2.05, 4.69) is 5.32 Å². The molecule has 0 spiro atoms. The normalized spacial score (nSPS) is 20.1. The zero-order valence-electron chi connectivity index (χ0n) is 11.0. The lowest BCUT2D eigenvalue weighted by Crippen LogP contribution is -2.34. The molecular formula is C16H13ClFNO2. The van der Waals surface area contributed by atoms with Crippen molar-refractivity contribution in [2.75, 3.05) is 0 Å². The van der Waals surface area contributed by atoms with Crippen molar-refractivity contribution in [3.63, 3.8) is 0 Å². The zero-order chi connectivity index (χ0) is 15.0. The van der Waals surface area contributed by atoms with Gasteiger partial charge < -0.3 is 10.4 Å². The van der Waals surface area contributed by atoms with Crippen molar-refractivity contribution in [3.8, 4) is 0 Å². The molecule has 0 bridgehead atoms. The Morgan fingerprint density at radius 3 is 2.86 bits per heavy atom. The Morgan fingerprint density at radius 2 is 2.05 bits per heavy atom. The van der Waals surface area contributed by atoms with E-state index >= 15 is 0 Å². The van der Waals surface area contributed by atoms with Crippen LogP contribution in [0.4, 0.5) is 4.39 Å². The molecule has 5 heteroatoms. The van der Waals surface area contributed by atoms with E-state index in [1.165, 1.54) is 12.1 Å². The van der Waals surface area contributed by atoms with Crippen LogP contribution in [0.15, 0.2) is 42.5 Å². The molecule has 0 saturated carbocycles. The molecule has 0 saturated heterocycles. The number of aliphatic hydroxyl groups is 1. The van der Waals surface area contributed by atoms with Crippen molar-refractivity contribution >= 4 is 17.5 Å². The summed E-state index contributed by atoms with van der Waals surface area (Å²) in [7, 11) is 0. The van der Waals surface area contributed by atoms with Gasteiger partial charge in [0.15, 0.2) is 0 Å². The van der Waals surface area contributed by atoms with E-state index in [-0.39, 0.29) is 10.6 Å². The molecular weight excluding hydrogens is 293 g/mol. The molecule has 2 N–H and O–H groups in total. The van der Waals surface area contributed by atoms with Gasteiger partial charge in [0.05, 0.1) is 17.7 Å². The predicted molar refractivity (Wildman–Crippen MR) is 77.8 cm³/mol. The smallest absolute Gasteiger partial charge is 0.254 e. The molecule has 0 radical (unpaired) electrons. The second kappa shape index (κ2) is 5.47. The molecule has 2 atom stereocenters. The van der Waals surface area contributed by atoms with Gasteiger partial charge in [-0.2, -0.15) is 0 Å². The lowest BCUT2D eigenvalue weighted by Gasteiger charge is -2.18. The predicted octanol–water partition coefficient (Wildman–Crippen LogP) is 2.87. The molecule has 0 aliphatic heterocycles. The van der Waals surface area contributed by atoms with E-state index in [9.17, 15) is 14.3 Å². The summed E-state index contributed by atoms with van der Waals surface area (Å²) in [5.74, 6) is -1.23. The van der Waals surface area contributed by atoms with Crippen LogP contribution in [-0.2, 0) is 6.42 Å². The molecule has 2 aromatic rings. The number of hydrogen-bond donors (Lipinski definition) is 2. The van der Waals surface area contributed by atoms with Crippen molar-refractivity contribution in [2.24, 2.45) is 0 Å². The molecule has 3 nitrogen and oxygen atoms in total. The van der Waals surface area contributed by atoms with Gasteiger partial charge in [-0.05, 0) is 29.3 Å². The van der Waals surface area contributed by atoms with Crippen molar-refractivity contribution in [2.45, 2.75) is 18.6 Å². The number of benzene rings is 2. The van der Waals surface area contributed by atoms with Crippen molar-refractivity contribution < 1.29 is 14.3 Å². The summed E-state index contributed by atoms with van der Waals surface area (Å²) in [6.45, 7) is 0.